The zero-order chi connectivity index (χ0) is 7.68. The van der Waals surface area contributed by atoms with Gasteiger partial charge in [-0.15, -0.1) is 11.6 Å². The Labute approximate surface area is 125 Å². The maximum atomic E-state index is 3.35. The Balaban J connectivity index is -0.000000360. The molecule has 1 aliphatic rings. The largest absolute Gasteiger partial charge is 4.00 e. The molecule has 15 heavy (non-hydrogen) atoms. The fourth-order valence-electron chi connectivity index (χ4n) is 1.58. The van der Waals surface area contributed by atoms with Crippen LogP contribution in [0.15, 0.2) is 24.3 Å². The zero-order valence-electron chi connectivity index (χ0n) is 8.31. The fraction of sp³-hybridized carbons (Fsp3) is 0.273. The van der Waals surface area contributed by atoms with E-state index < -0.39 is 0 Å². The molecule has 0 bridgehead atoms. The molecule has 4 heteroatoms. The molecule has 2 rings (SSSR count). The molecule has 0 radical (unpaired) electrons. The van der Waals surface area contributed by atoms with Gasteiger partial charge in [0.2, 0.25) is 0 Å². The van der Waals surface area contributed by atoms with E-state index in [-0.39, 0.29) is 58.9 Å². The molecular formula is C11H11Cl3Ti. The summed E-state index contributed by atoms with van der Waals surface area (Å²) in [5.41, 5.74) is 2.79. The molecule has 0 N–H and O–H groups in total. The quantitative estimate of drug-likeness (QED) is 0.358. The van der Waals surface area contributed by atoms with E-state index in [2.05, 4.69) is 43.3 Å². The molecule has 0 aromatic heterocycles. The Hall–Kier alpha value is 0.544. The van der Waals surface area contributed by atoms with Gasteiger partial charge in [0.15, 0.2) is 0 Å². The summed E-state index contributed by atoms with van der Waals surface area (Å²) in [6, 6.07) is 8.52. The Kier molecular flexibility index (Phi) is 13.6. The monoisotopic (exact) mass is 296 g/mol. The van der Waals surface area contributed by atoms with Crippen LogP contribution < -0.4 is 37.2 Å². The molecule has 1 aliphatic carbocycles. The third-order valence-corrected chi connectivity index (χ3v) is 2.22. The van der Waals surface area contributed by atoms with Gasteiger partial charge in [0, 0.05) is 0 Å². The van der Waals surface area contributed by atoms with Gasteiger partial charge in [0.1, 0.15) is 0 Å². The summed E-state index contributed by atoms with van der Waals surface area (Å²) in [6.07, 6.45) is 6.61. The second-order valence-electron chi connectivity index (χ2n) is 2.90. The molecule has 0 nitrogen and oxygen atoms in total. The average Bonchev–Trinajstić information content (AvgIpc) is 2.47. The van der Waals surface area contributed by atoms with Crippen molar-refractivity contribution in [1.29, 1.82) is 0 Å². The SMILES string of the molecule is CCC1[C-]=Cc2ccccc21.[Cl-].[Cl-].[Cl-].[Ti+4]. The molecule has 1 unspecified atom stereocenters. The van der Waals surface area contributed by atoms with E-state index >= 15 is 0 Å². The third kappa shape index (κ3) is 4.50. The van der Waals surface area contributed by atoms with Crippen molar-refractivity contribution in [2.45, 2.75) is 19.3 Å². The minimum Gasteiger partial charge on any atom is -1.00 e. The van der Waals surface area contributed by atoms with Gasteiger partial charge in [-0.2, -0.15) is 5.56 Å². The van der Waals surface area contributed by atoms with Crippen LogP contribution in [0.2, 0.25) is 0 Å². The molecule has 0 saturated heterocycles. The first-order chi connectivity index (χ1) is 5.42. The molecule has 1 atom stereocenters. The number of allylic oxidation sites excluding steroid dienone is 1. The summed E-state index contributed by atoms with van der Waals surface area (Å²) >= 11 is 0. The number of fused-ring (bicyclic) bond motifs is 1. The standard InChI is InChI=1S/C11H11.3ClH.Ti/c1-2-9-7-8-10-5-3-4-6-11(9)10;;;;/h3-6,8-9H,2H2,1H3;3*1H;/q-1;;;;+4/p-3. The Bertz CT molecular complexity index is 300. The Morgan fingerprint density at radius 2 is 1.73 bits per heavy atom. The second kappa shape index (κ2) is 9.75. The second-order valence-corrected chi connectivity index (χ2v) is 2.90. The Morgan fingerprint density at radius 1 is 1.13 bits per heavy atom. The maximum absolute atomic E-state index is 3.35. The van der Waals surface area contributed by atoms with Crippen LogP contribution in [-0.2, 0) is 21.7 Å². The normalized spacial score (nSPS) is 14.9. The van der Waals surface area contributed by atoms with E-state index in [0.29, 0.717) is 5.92 Å². The minimum atomic E-state index is 0. The number of rotatable bonds is 1. The van der Waals surface area contributed by atoms with Gasteiger partial charge in [0.05, 0.1) is 0 Å². The van der Waals surface area contributed by atoms with Crippen molar-refractivity contribution in [2.75, 3.05) is 0 Å². The smallest absolute Gasteiger partial charge is 1.00 e. The van der Waals surface area contributed by atoms with Gasteiger partial charge >= 0.3 is 21.7 Å². The molecular weight excluding hydrogens is 286 g/mol. The van der Waals surface area contributed by atoms with E-state index in [1.807, 2.05) is 0 Å². The number of halogens is 3. The number of hydrogen-bond acceptors (Lipinski definition) is 0. The first-order valence-corrected chi connectivity index (χ1v) is 4.10. The molecule has 1 aromatic carbocycles. The first-order valence-electron chi connectivity index (χ1n) is 4.10. The van der Waals surface area contributed by atoms with Gasteiger partial charge < -0.3 is 37.2 Å². The van der Waals surface area contributed by atoms with Crippen LogP contribution in [0.25, 0.3) is 6.08 Å². The molecule has 0 amide bonds. The van der Waals surface area contributed by atoms with E-state index in [0.717, 1.165) is 6.42 Å². The third-order valence-electron chi connectivity index (χ3n) is 2.22. The van der Waals surface area contributed by atoms with E-state index in [1.165, 1.54) is 11.1 Å². The predicted octanol–water partition coefficient (Wildman–Crippen LogP) is -5.98. The molecule has 0 saturated carbocycles. The summed E-state index contributed by atoms with van der Waals surface area (Å²) in [5, 5.41) is 0. The first kappa shape index (κ1) is 20.9. The molecule has 0 heterocycles. The topological polar surface area (TPSA) is 0 Å². The summed E-state index contributed by atoms with van der Waals surface area (Å²) < 4.78 is 0. The van der Waals surface area contributed by atoms with Gasteiger partial charge in [0.25, 0.3) is 0 Å². The van der Waals surface area contributed by atoms with Gasteiger partial charge in [-0.25, -0.2) is 6.08 Å². The van der Waals surface area contributed by atoms with Crippen molar-refractivity contribution in [1.82, 2.24) is 0 Å². The van der Waals surface area contributed by atoms with Crippen molar-refractivity contribution in [3.8, 4) is 0 Å². The van der Waals surface area contributed by atoms with Crippen molar-refractivity contribution < 1.29 is 58.9 Å². The van der Waals surface area contributed by atoms with Crippen LogP contribution in [-0.4, -0.2) is 0 Å². The van der Waals surface area contributed by atoms with Crippen molar-refractivity contribution in [3.05, 3.63) is 41.5 Å². The van der Waals surface area contributed by atoms with Crippen LogP contribution in [0.5, 0.6) is 0 Å². The summed E-state index contributed by atoms with van der Waals surface area (Å²) in [6.45, 7) is 2.20. The van der Waals surface area contributed by atoms with Crippen LogP contribution in [0.4, 0.5) is 0 Å². The molecule has 0 spiro atoms. The van der Waals surface area contributed by atoms with Gasteiger partial charge in [-0.05, 0) is 0 Å². The van der Waals surface area contributed by atoms with E-state index in [4.69, 9.17) is 0 Å². The summed E-state index contributed by atoms with van der Waals surface area (Å²) in [7, 11) is 0. The van der Waals surface area contributed by atoms with Crippen LogP contribution in [0.3, 0.4) is 0 Å². The average molecular weight is 297 g/mol. The van der Waals surface area contributed by atoms with Gasteiger partial charge in [-0.3, -0.25) is 6.08 Å². The molecule has 0 fully saturated rings. The van der Waals surface area contributed by atoms with Crippen molar-refractivity contribution >= 4 is 6.08 Å². The van der Waals surface area contributed by atoms with Crippen LogP contribution in [0, 0.1) is 6.08 Å². The fourth-order valence-corrected chi connectivity index (χ4v) is 1.58. The van der Waals surface area contributed by atoms with Crippen molar-refractivity contribution in [2.24, 2.45) is 0 Å². The molecule has 0 aliphatic heterocycles. The molecule has 80 valence electrons. The Morgan fingerprint density at radius 3 is 2.33 bits per heavy atom. The zero-order valence-corrected chi connectivity index (χ0v) is 12.1. The summed E-state index contributed by atoms with van der Waals surface area (Å²) in [4.78, 5) is 0. The van der Waals surface area contributed by atoms with Crippen LogP contribution >= 0.6 is 0 Å². The number of hydrogen-bond donors (Lipinski definition) is 0. The van der Waals surface area contributed by atoms with E-state index in [1.54, 1.807) is 0 Å². The minimum absolute atomic E-state index is 0. The van der Waals surface area contributed by atoms with Crippen molar-refractivity contribution in [3.63, 3.8) is 0 Å². The predicted molar refractivity (Wildman–Crippen MR) is 47.2 cm³/mol. The maximum Gasteiger partial charge on any atom is 4.00 e. The van der Waals surface area contributed by atoms with E-state index in [9.17, 15) is 0 Å². The summed E-state index contributed by atoms with van der Waals surface area (Å²) in [5.74, 6) is 0.547. The van der Waals surface area contributed by atoms with Gasteiger partial charge in [-0.1, -0.05) is 37.5 Å². The molecule has 1 aromatic rings. The van der Waals surface area contributed by atoms with Crippen LogP contribution in [0.1, 0.15) is 30.4 Å². The number of benzene rings is 1.